The molecule has 0 fully saturated rings. The predicted octanol–water partition coefficient (Wildman–Crippen LogP) is 5.59. The number of benzene rings is 2. The van der Waals surface area contributed by atoms with E-state index in [-0.39, 0.29) is 11.7 Å². The summed E-state index contributed by atoms with van der Waals surface area (Å²) in [6.07, 6.45) is 5.26. The van der Waals surface area contributed by atoms with E-state index in [2.05, 4.69) is 28.9 Å². The van der Waals surface area contributed by atoms with Crippen LogP contribution in [-0.2, 0) is 24.2 Å². The minimum Gasteiger partial charge on any atom is -0.469 e. The maximum atomic E-state index is 13.6. The van der Waals surface area contributed by atoms with Crippen LogP contribution < -0.4 is 4.90 Å². The molecule has 0 atom stereocenters. The van der Waals surface area contributed by atoms with E-state index >= 15 is 0 Å². The third-order valence-electron chi connectivity index (χ3n) is 5.83. The number of amides is 1. The highest BCUT2D eigenvalue weighted by molar-refractivity contribution is 7.99. The number of aromatic nitrogens is 3. The zero-order chi connectivity index (χ0) is 22.8. The quantitative estimate of drug-likeness (QED) is 0.280. The summed E-state index contributed by atoms with van der Waals surface area (Å²) in [5, 5.41) is 9.42. The SMILES string of the molecule is C=CCn1c(SCC(=O)N2c3ccccc3CCc3ccccc32)nnc1-c1ccoc1C. The molecule has 0 saturated heterocycles. The largest absolute Gasteiger partial charge is 0.469 e. The topological polar surface area (TPSA) is 64.2 Å². The molecule has 4 aromatic rings. The Morgan fingerprint density at radius 3 is 2.33 bits per heavy atom. The number of furan rings is 1. The van der Waals surface area contributed by atoms with Crippen molar-refractivity contribution in [2.24, 2.45) is 0 Å². The summed E-state index contributed by atoms with van der Waals surface area (Å²) in [6.45, 7) is 6.30. The van der Waals surface area contributed by atoms with Crippen LogP contribution in [-0.4, -0.2) is 26.4 Å². The van der Waals surface area contributed by atoms with Crippen molar-refractivity contribution >= 4 is 29.0 Å². The number of para-hydroxylation sites is 2. The van der Waals surface area contributed by atoms with Crippen molar-refractivity contribution in [2.75, 3.05) is 10.7 Å². The minimum absolute atomic E-state index is 0.0102. The Labute approximate surface area is 196 Å². The fourth-order valence-corrected chi connectivity index (χ4v) is 5.04. The van der Waals surface area contributed by atoms with Crippen molar-refractivity contribution in [3.05, 3.63) is 90.4 Å². The summed E-state index contributed by atoms with van der Waals surface area (Å²) in [5.74, 6) is 1.73. The maximum Gasteiger partial charge on any atom is 0.242 e. The molecule has 2 aromatic heterocycles. The molecule has 5 rings (SSSR count). The fourth-order valence-electron chi connectivity index (χ4n) is 4.24. The van der Waals surface area contributed by atoms with Gasteiger partial charge in [-0.05, 0) is 49.1 Å². The first kappa shape index (κ1) is 21.3. The molecule has 6 nitrogen and oxygen atoms in total. The Kier molecular flexibility index (Phi) is 5.88. The van der Waals surface area contributed by atoms with E-state index in [0.29, 0.717) is 17.5 Å². The first-order valence-corrected chi connectivity index (χ1v) is 11.9. The Morgan fingerprint density at radius 1 is 1.06 bits per heavy atom. The molecule has 0 radical (unpaired) electrons. The van der Waals surface area contributed by atoms with Gasteiger partial charge in [-0.1, -0.05) is 54.2 Å². The van der Waals surface area contributed by atoms with Gasteiger partial charge in [0.2, 0.25) is 5.91 Å². The van der Waals surface area contributed by atoms with Crippen LogP contribution in [0.1, 0.15) is 16.9 Å². The van der Waals surface area contributed by atoms with E-state index in [1.54, 1.807) is 12.3 Å². The third-order valence-corrected chi connectivity index (χ3v) is 6.78. The lowest BCUT2D eigenvalue weighted by atomic mass is 10.0. The molecule has 1 aliphatic rings. The lowest BCUT2D eigenvalue weighted by molar-refractivity contribution is -0.115. The Hall–Kier alpha value is -3.58. The number of fused-ring (bicyclic) bond motifs is 2. The van der Waals surface area contributed by atoms with Gasteiger partial charge in [0, 0.05) is 6.54 Å². The highest BCUT2D eigenvalue weighted by Crippen LogP contribution is 2.37. The Morgan fingerprint density at radius 2 is 1.73 bits per heavy atom. The third kappa shape index (κ3) is 4.00. The van der Waals surface area contributed by atoms with E-state index in [0.717, 1.165) is 35.5 Å². The molecule has 166 valence electrons. The van der Waals surface area contributed by atoms with Gasteiger partial charge < -0.3 is 4.42 Å². The van der Waals surface area contributed by atoms with Crippen LogP contribution in [0.15, 0.2) is 83.1 Å². The molecule has 7 heteroatoms. The summed E-state index contributed by atoms with van der Waals surface area (Å²) in [4.78, 5) is 15.5. The molecule has 1 amide bonds. The van der Waals surface area contributed by atoms with Gasteiger partial charge in [-0.2, -0.15) is 0 Å². The molecular formula is C26H24N4O2S. The Bertz CT molecular complexity index is 1280. The van der Waals surface area contributed by atoms with E-state index in [1.807, 2.05) is 58.9 Å². The maximum absolute atomic E-state index is 13.6. The number of carbonyl (C=O) groups excluding carboxylic acids is 1. The second-order valence-corrected chi connectivity index (χ2v) is 8.81. The molecule has 0 aliphatic carbocycles. The lowest BCUT2D eigenvalue weighted by Gasteiger charge is -2.24. The number of rotatable bonds is 6. The van der Waals surface area contributed by atoms with Crippen molar-refractivity contribution in [1.29, 1.82) is 0 Å². The molecule has 1 aliphatic heterocycles. The number of carbonyl (C=O) groups is 1. The minimum atomic E-state index is 0.0102. The summed E-state index contributed by atoms with van der Waals surface area (Å²) < 4.78 is 7.41. The highest BCUT2D eigenvalue weighted by Gasteiger charge is 2.26. The van der Waals surface area contributed by atoms with Crippen LogP contribution in [0.2, 0.25) is 0 Å². The molecule has 0 bridgehead atoms. The van der Waals surface area contributed by atoms with E-state index < -0.39 is 0 Å². The van der Waals surface area contributed by atoms with Gasteiger partial charge in [-0.25, -0.2) is 0 Å². The predicted molar refractivity (Wildman–Crippen MR) is 131 cm³/mol. The average Bonchev–Trinajstić information content (AvgIpc) is 3.38. The molecule has 2 aromatic carbocycles. The van der Waals surface area contributed by atoms with E-state index in [9.17, 15) is 4.79 Å². The summed E-state index contributed by atoms with van der Waals surface area (Å²) in [7, 11) is 0. The standard InChI is InChI=1S/C26H24N4O2S/c1-3-15-29-25(21-14-16-32-18(21)2)27-28-26(29)33-17-24(31)30-22-10-6-4-8-19(22)12-13-20-9-5-7-11-23(20)30/h3-11,14,16H,1,12-13,15,17H2,2H3. The number of anilines is 2. The number of allylic oxidation sites excluding steroid dienone is 1. The highest BCUT2D eigenvalue weighted by atomic mass is 32.2. The molecule has 0 spiro atoms. The average molecular weight is 457 g/mol. The second-order valence-electron chi connectivity index (χ2n) is 7.87. The van der Waals surface area contributed by atoms with E-state index in [1.165, 1.54) is 22.9 Å². The summed E-state index contributed by atoms with van der Waals surface area (Å²) in [5.41, 5.74) is 5.16. The lowest BCUT2D eigenvalue weighted by Crippen LogP contribution is -2.28. The van der Waals surface area contributed by atoms with Crippen LogP contribution in [0.25, 0.3) is 11.4 Å². The molecular weight excluding hydrogens is 432 g/mol. The number of thioether (sulfide) groups is 1. The zero-order valence-electron chi connectivity index (χ0n) is 18.4. The van der Waals surface area contributed by atoms with Crippen LogP contribution in [0.5, 0.6) is 0 Å². The first-order valence-electron chi connectivity index (χ1n) is 10.9. The van der Waals surface area contributed by atoms with Crippen LogP contribution in [0.3, 0.4) is 0 Å². The fraction of sp³-hybridized carbons (Fsp3) is 0.192. The van der Waals surface area contributed by atoms with Crippen LogP contribution in [0, 0.1) is 6.92 Å². The first-order chi connectivity index (χ1) is 16.2. The van der Waals surface area contributed by atoms with Crippen molar-refractivity contribution in [3.8, 4) is 11.4 Å². The van der Waals surface area contributed by atoms with Crippen molar-refractivity contribution in [3.63, 3.8) is 0 Å². The van der Waals surface area contributed by atoms with Crippen molar-refractivity contribution < 1.29 is 9.21 Å². The van der Waals surface area contributed by atoms with Gasteiger partial charge in [0.05, 0.1) is 29.0 Å². The molecule has 0 saturated carbocycles. The van der Waals surface area contributed by atoms with Gasteiger partial charge in [-0.3, -0.25) is 14.3 Å². The summed E-state index contributed by atoms with van der Waals surface area (Å²) in [6, 6.07) is 18.2. The number of nitrogens with zero attached hydrogens (tertiary/aromatic N) is 4. The summed E-state index contributed by atoms with van der Waals surface area (Å²) >= 11 is 1.39. The molecule has 33 heavy (non-hydrogen) atoms. The second kappa shape index (κ2) is 9.11. The van der Waals surface area contributed by atoms with Gasteiger partial charge in [0.15, 0.2) is 11.0 Å². The number of aryl methyl sites for hydroxylation is 3. The molecule has 3 heterocycles. The van der Waals surface area contributed by atoms with Crippen LogP contribution >= 0.6 is 11.8 Å². The van der Waals surface area contributed by atoms with Gasteiger partial charge in [-0.15, -0.1) is 16.8 Å². The normalized spacial score (nSPS) is 12.7. The van der Waals surface area contributed by atoms with Crippen LogP contribution in [0.4, 0.5) is 11.4 Å². The molecule has 0 N–H and O–H groups in total. The molecule has 0 unspecified atom stereocenters. The Balaban J connectivity index is 1.45. The smallest absolute Gasteiger partial charge is 0.242 e. The number of hydrogen-bond donors (Lipinski definition) is 0. The number of hydrogen-bond acceptors (Lipinski definition) is 5. The zero-order valence-corrected chi connectivity index (χ0v) is 19.2. The monoisotopic (exact) mass is 456 g/mol. The van der Waals surface area contributed by atoms with Gasteiger partial charge >= 0.3 is 0 Å². The van der Waals surface area contributed by atoms with Crippen molar-refractivity contribution in [2.45, 2.75) is 31.5 Å². The van der Waals surface area contributed by atoms with Gasteiger partial charge in [0.1, 0.15) is 5.76 Å². The van der Waals surface area contributed by atoms with E-state index in [4.69, 9.17) is 4.42 Å². The van der Waals surface area contributed by atoms with Gasteiger partial charge in [0.25, 0.3) is 0 Å². The van der Waals surface area contributed by atoms with Crippen molar-refractivity contribution in [1.82, 2.24) is 14.8 Å².